The van der Waals surface area contributed by atoms with Gasteiger partial charge in [-0.05, 0) is 46.9 Å². The molecule has 0 fully saturated rings. The van der Waals surface area contributed by atoms with Crippen molar-refractivity contribution in [2.75, 3.05) is 0 Å². The van der Waals surface area contributed by atoms with Gasteiger partial charge in [-0.2, -0.15) is 12.1 Å². The first-order chi connectivity index (χ1) is 21.8. The summed E-state index contributed by atoms with van der Waals surface area (Å²) in [5, 5.41) is 5.50. The Labute approximate surface area is 290 Å². The van der Waals surface area contributed by atoms with Crippen LogP contribution in [0.4, 0.5) is 0 Å². The van der Waals surface area contributed by atoms with Gasteiger partial charge in [0.15, 0.2) is 0 Å². The van der Waals surface area contributed by atoms with E-state index in [1.165, 1.54) is 91.7 Å². The monoisotopic (exact) mass is 710 g/mol. The average Bonchev–Trinajstić information content (AvgIpc) is 3.65. The van der Waals surface area contributed by atoms with E-state index in [9.17, 15) is 0 Å². The number of fused-ring (bicyclic) bond motifs is 2. The summed E-state index contributed by atoms with van der Waals surface area (Å²) in [5.41, 5.74) is 11.1. The Morgan fingerprint density at radius 3 is 1.22 bits per heavy atom. The molecule has 45 heavy (non-hydrogen) atoms. The Bertz CT molecular complexity index is 1620. The molecule has 0 N–H and O–H groups in total. The van der Waals surface area contributed by atoms with Crippen molar-refractivity contribution in [1.29, 1.82) is 0 Å². The normalized spacial score (nSPS) is 10.9. The van der Waals surface area contributed by atoms with Gasteiger partial charge in [-0.25, -0.2) is 0 Å². The van der Waals surface area contributed by atoms with Crippen molar-refractivity contribution in [3.8, 4) is 22.3 Å². The third-order valence-corrected chi connectivity index (χ3v) is 8.48. The van der Waals surface area contributed by atoms with E-state index in [-0.39, 0.29) is 0 Å². The number of benzene rings is 4. The van der Waals surface area contributed by atoms with E-state index >= 15 is 0 Å². The molecule has 6 rings (SSSR count). The molecule has 0 amide bonds. The van der Waals surface area contributed by atoms with Crippen molar-refractivity contribution in [2.24, 2.45) is 0 Å². The van der Waals surface area contributed by atoms with Crippen molar-refractivity contribution in [3.05, 3.63) is 131 Å². The van der Waals surface area contributed by atoms with Gasteiger partial charge in [0.1, 0.15) is 0 Å². The van der Waals surface area contributed by atoms with Gasteiger partial charge >= 0.3 is 37.9 Å². The van der Waals surface area contributed by atoms with Gasteiger partial charge in [-0.1, -0.05) is 126 Å². The quantitative estimate of drug-likeness (QED) is 0.138. The Hall–Kier alpha value is -2.44. The molecule has 0 heterocycles. The number of hydrogen-bond donors (Lipinski definition) is 0. The molecule has 6 aromatic rings. The van der Waals surface area contributed by atoms with Gasteiger partial charge in [0.25, 0.3) is 0 Å². The molecular formula is C42H46Cl2Zr. The van der Waals surface area contributed by atoms with Gasteiger partial charge < -0.3 is 0 Å². The fourth-order valence-electron chi connectivity index (χ4n) is 6.06. The summed E-state index contributed by atoms with van der Waals surface area (Å²) in [6.07, 6.45) is 4.74. The van der Waals surface area contributed by atoms with Crippen LogP contribution in [0, 0.1) is 0 Å². The molecule has 0 saturated carbocycles. The Balaban J connectivity index is 0.000000189. The van der Waals surface area contributed by atoms with Crippen LogP contribution in [-0.4, -0.2) is 0 Å². The Morgan fingerprint density at radius 1 is 0.556 bits per heavy atom. The third-order valence-electron chi connectivity index (χ3n) is 8.48. The molecule has 6 aromatic carbocycles. The summed E-state index contributed by atoms with van der Waals surface area (Å²) < 4.78 is 0. The Morgan fingerprint density at radius 2 is 0.911 bits per heavy atom. The number of halogens is 2. The average molecular weight is 713 g/mol. The second-order valence-electron chi connectivity index (χ2n) is 12.5. The first-order valence-electron chi connectivity index (χ1n) is 16.3. The van der Waals surface area contributed by atoms with Gasteiger partial charge in [0, 0.05) is 0 Å². The first-order valence-corrected chi connectivity index (χ1v) is 22.7. The van der Waals surface area contributed by atoms with Crippen LogP contribution in [0.15, 0.2) is 109 Å². The number of aryl methyl sites for hydroxylation is 2. The molecule has 0 bridgehead atoms. The molecule has 232 valence electrons. The van der Waals surface area contributed by atoms with Crippen LogP contribution < -0.4 is 0 Å². The topological polar surface area (TPSA) is 0 Å². The van der Waals surface area contributed by atoms with Crippen LogP contribution in [0.25, 0.3) is 43.8 Å². The summed E-state index contributed by atoms with van der Waals surface area (Å²) in [6.45, 7) is 13.4. The zero-order chi connectivity index (χ0) is 32.3. The van der Waals surface area contributed by atoms with Gasteiger partial charge in [0.05, 0.1) is 0 Å². The molecule has 0 aliphatic heterocycles. The molecule has 0 aliphatic carbocycles. The fraction of sp³-hybridized carbons (Fsp3) is 0.286. The Kier molecular flexibility index (Phi) is 13.8. The van der Waals surface area contributed by atoms with Crippen LogP contribution >= 0.6 is 17.0 Å². The van der Waals surface area contributed by atoms with E-state index in [0.29, 0.717) is 11.8 Å². The molecule has 0 aromatic heterocycles. The standard InChI is InChI=1S/2C21H23.2ClH.Zr/c2*1-4-6-16-13-19-7-5-8-20(21(19)14-16)18-11-9-17(10-12-18)15(2)3;;;/h2*5,7-15H,4,6H2,1-3H3;2*1H;/q2*-1;;;+4/p-2. The molecular weight excluding hydrogens is 667 g/mol. The SMILES string of the molecule is CCCc1cc2c(-c3ccc(C(C)C)cc3)cccc2[cH-]1.CCCc1cc2c(-c3ccc(C(C)C)cc3)cccc2[cH-]1.[Cl][Zr+2][Cl]. The predicted molar refractivity (Wildman–Crippen MR) is 198 cm³/mol. The van der Waals surface area contributed by atoms with Crippen LogP contribution in [0.3, 0.4) is 0 Å². The maximum atomic E-state index is 4.93. The van der Waals surface area contributed by atoms with Gasteiger partial charge in [-0.15, -0.1) is 69.1 Å². The van der Waals surface area contributed by atoms with Gasteiger partial charge in [-0.3, -0.25) is 0 Å². The summed E-state index contributed by atoms with van der Waals surface area (Å²) in [4.78, 5) is 0. The summed E-state index contributed by atoms with van der Waals surface area (Å²) in [7, 11) is 9.87. The molecule has 3 heteroatoms. The zero-order valence-corrected chi connectivity index (χ0v) is 31.6. The fourth-order valence-corrected chi connectivity index (χ4v) is 6.06. The maximum absolute atomic E-state index is 4.93. The molecule has 0 aliphatic rings. The minimum atomic E-state index is -0.826. The second-order valence-corrected chi connectivity index (χ2v) is 16.2. The zero-order valence-electron chi connectivity index (χ0n) is 27.6. The van der Waals surface area contributed by atoms with Crippen LogP contribution in [-0.2, 0) is 33.7 Å². The van der Waals surface area contributed by atoms with Crippen molar-refractivity contribution in [2.45, 2.75) is 79.1 Å². The number of rotatable bonds is 8. The van der Waals surface area contributed by atoms with Crippen molar-refractivity contribution >= 4 is 38.6 Å². The van der Waals surface area contributed by atoms with E-state index in [4.69, 9.17) is 17.0 Å². The molecule has 0 unspecified atom stereocenters. The van der Waals surface area contributed by atoms with E-state index in [0.717, 1.165) is 0 Å². The van der Waals surface area contributed by atoms with E-state index in [2.05, 4.69) is 151 Å². The summed E-state index contributed by atoms with van der Waals surface area (Å²) in [5.74, 6) is 1.18. The number of hydrogen-bond acceptors (Lipinski definition) is 0. The molecule has 0 spiro atoms. The van der Waals surface area contributed by atoms with E-state index < -0.39 is 20.8 Å². The third kappa shape index (κ3) is 9.32. The van der Waals surface area contributed by atoms with Crippen LogP contribution in [0.2, 0.25) is 0 Å². The van der Waals surface area contributed by atoms with Gasteiger partial charge in [0.2, 0.25) is 0 Å². The van der Waals surface area contributed by atoms with E-state index in [1.807, 2.05) is 0 Å². The molecule has 0 saturated heterocycles. The first kappa shape index (κ1) is 35.4. The minimum absolute atomic E-state index is 0.588. The van der Waals surface area contributed by atoms with Crippen molar-refractivity contribution in [3.63, 3.8) is 0 Å². The molecule has 0 atom stereocenters. The predicted octanol–water partition coefficient (Wildman–Crippen LogP) is 14.0. The summed E-state index contributed by atoms with van der Waals surface area (Å²) in [6, 6.07) is 40.7. The van der Waals surface area contributed by atoms with Crippen molar-refractivity contribution < 1.29 is 20.8 Å². The summed E-state index contributed by atoms with van der Waals surface area (Å²) >= 11 is -0.826. The molecule has 0 radical (unpaired) electrons. The molecule has 0 nitrogen and oxygen atoms in total. The van der Waals surface area contributed by atoms with Crippen LogP contribution in [0.1, 0.15) is 88.5 Å². The van der Waals surface area contributed by atoms with E-state index in [1.54, 1.807) is 0 Å². The second kappa shape index (κ2) is 17.5. The van der Waals surface area contributed by atoms with Crippen molar-refractivity contribution in [1.82, 2.24) is 0 Å². The van der Waals surface area contributed by atoms with Crippen LogP contribution in [0.5, 0.6) is 0 Å².